The maximum absolute atomic E-state index is 9.33. The van der Waals surface area contributed by atoms with Gasteiger partial charge < -0.3 is 0 Å². The third kappa shape index (κ3) is 3.24. The van der Waals surface area contributed by atoms with Crippen LogP contribution in [0.5, 0.6) is 0 Å². The first-order valence-electron chi connectivity index (χ1n) is 5.88. The number of nitriles is 2. The average molecular weight is 220 g/mol. The lowest BCUT2D eigenvalue weighted by Crippen LogP contribution is -2.35. The summed E-state index contributed by atoms with van der Waals surface area (Å²) >= 11 is 0. The summed E-state index contributed by atoms with van der Waals surface area (Å²) < 4.78 is 0. The van der Waals surface area contributed by atoms with E-state index in [1.165, 1.54) is 0 Å². The summed E-state index contributed by atoms with van der Waals surface area (Å²) in [7, 11) is 0. The normalized spacial score (nSPS) is 18.1. The largest absolute Gasteiger partial charge is 0.198 e. The van der Waals surface area contributed by atoms with Crippen molar-refractivity contribution in [2.24, 2.45) is 28.6 Å². The van der Waals surface area contributed by atoms with Gasteiger partial charge >= 0.3 is 0 Å². The van der Waals surface area contributed by atoms with E-state index in [0.29, 0.717) is 0 Å². The Kier molecular flexibility index (Phi) is 4.56. The van der Waals surface area contributed by atoms with Crippen molar-refractivity contribution in [3.63, 3.8) is 0 Å². The molecule has 0 heterocycles. The van der Waals surface area contributed by atoms with Gasteiger partial charge in [-0.15, -0.1) is 0 Å². The lowest BCUT2D eigenvalue weighted by atomic mass is 9.64. The first-order valence-corrected chi connectivity index (χ1v) is 5.88. The molecule has 3 atom stereocenters. The molecule has 0 saturated heterocycles. The highest BCUT2D eigenvalue weighted by Crippen LogP contribution is 2.41. The van der Waals surface area contributed by atoms with Crippen molar-refractivity contribution in [1.29, 1.82) is 10.5 Å². The Morgan fingerprint density at radius 1 is 0.875 bits per heavy atom. The summed E-state index contributed by atoms with van der Waals surface area (Å²) in [4.78, 5) is 0. The standard InChI is InChI=1S/C14H24N2/c1-10(13(3,4)5)12(8-15)11(2)14(6,7)9-16/h10-12H,1-7H3. The Labute approximate surface area is 100 Å². The summed E-state index contributed by atoms with van der Waals surface area (Å²) in [6, 6.07) is 4.71. The molecular formula is C14H24N2. The summed E-state index contributed by atoms with van der Waals surface area (Å²) in [5.41, 5.74) is -0.347. The van der Waals surface area contributed by atoms with Crippen LogP contribution in [-0.4, -0.2) is 0 Å². The first kappa shape index (κ1) is 15.0. The first-order chi connectivity index (χ1) is 7.07. The van der Waals surface area contributed by atoms with Crippen molar-refractivity contribution in [2.75, 3.05) is 0 Å². The van der Waals surface area contributed by atoms with E-state index in [-0.39, 0.29) is 23.2 Å². The third-order valence-electron chi connectivity index (χ3n) is 4.02. The summed E-state index contributed by atoms with van der Waals surface area (Å²) in [6.07, 6.45) is 0. The quantitative estimate of drug-likeness (QED) is 0.722. The molecule has 0 aromatic rings. The molecule has 90 valence electrons. The highest BCUT2D eigenvalue weighted by molar-refractivity contribution is 5.04. The van der Waals surface area contributed by atoms with E-state index in [1.807, 2.05) is 20.8 Å². The minimum absolute atomic E-state index is 0.0744. The number of rotatable bonds is 3. The van der Waals surface area contributed by atoms with Gasteiger partial charge in [-0.2, -0.15) is 10.5 Å². The molecule has 0 radical (unpaired) electrons. The Bertz CT molecular complexity index is 309. The maximum Gasteiger partial charge on any atom is 0.0687 e. The fourth-order valence-electron chi connectivity index (χ4n) is 1.75. The molecule has 16 heavy (non-hydrogen) atoms. The molecule has 0 aromatic carbocycles. The highest BCUT2D eigenvalue weighted by atomic mass is 14.5. The third-order valence-corrected chi connectivity index (χ3v) is 4.02. The van der Waals surface area contributed by atoms with Gasteiger partial charge in [0.15, 0.2) is 0 Å². The van der Waals surface area contributed by atoms with Crippen molar-refractivity contribution in [3.05, 3.63) is 0 Å². The van der Waals surface area contributed by atoms with Gasteiger partial charge in [0.1, 0.15) is 0 Å². The monoisotopic (exact) mass is 220 g/mol. The fourth-order valence-corrected chi connectivity index (χ4v) is 1.75. The number of hydrogen-bond donors (Lipinski definition) is 0. The van der Waals surface area contributed by atoms with Crippen LogP contribution in [-0.2, 0) is 0 Å². The van der Waals surface area contributed by atoms with Crippen LogP contribution in [0, 0.1) is 51.2 Å². The van der Waals surface area contributed by atoms with E-state index < -0.39 is 5.41 Å². The van der Waals surface area contributed by atoms with Crippen molar-refractivity contribution >= 4 is 0 Å². The van der Waals surface area contributed by atoms with Gasteiger partial charge in [0, 0.05) is 0 Å². The smallest absolute Gasteiger partial charge is 0.0687 e. The predicted octanol–water partition coefficient (Wildman–Crippen LogP) is 3.99. The maximum atomic E-state index is 9.33. The van der Waals surface area contributed by atoms with Crippen molar-refractivity contribution in [2.45, 2.75) is 48.5 Å². The van der Waals surface area contributed by atoms with Crippen LogP contribution in [0.25, 0.3) is 0 Å². The molecule has 0 bridgehead atoms. The van der Waals surface area contributed by atoms with Crippen LogP contribution in [0.2, 0.25) is 0 Å². The molecule has 0 aliphatic rings. The molecule has 3 unspecified atom stereocenters. The lowest BCUT2D eigenvalue weighted by Gasteiger charge is -2.37. The minimum Gasteiger partial charge on any atom is -0.198 e. The molecule has 0 aliphatic heterocycles. The van der Waals surface area contributed by atoms with Gasteiger partial charge in [0.25, 0.3) is 0 Å². The van der Waals surface area contributed by atoms with Crippen LogP contribution in [0.3, 0.4) is 0 Å². The van der Waals surface area contributed by atoms with E-state index in [9.17, 15) is 5.26 Å². The molecule has 0 N–H and O–H groups in total. The second kappa shape index (κ2) is 4.88. The van der Waals surface area contributed by atoms with E-state index in [4.69, 9.17) is 5.26 Å². The number of hydrogen-bond acceptors (Lipinski definition) is 2. The molecule has 2 nitrogen and oxygen atoms in total. The summed E-state index contributed by atoms with van der Waals surface area (Å²) in [6.45, 7) is 14.4. The van der Waals surface area contributed by atoms with Crippen LogP contribution in [0.15, 0.2) is 0 Å². The van der Waals surface area contributed by atoms with E-state index in [2.05, 4.69) is 39.8 Å². The van der Waals surface area contributed by atoms with E-state index in [0.717, 1.165) is 0 Å². The van der Waals surface area contributed by atoms with Gasteiger partial charge in [-0.25, -0.2) is 0 Å². The van der Waals surface area contributed by atoms with E-state index in [1.54, 1.807) is 0 Å². The molecule has 2 heteroatoms. The van der Waals surface area contributed by atoms with Gasteiger partial charge in [0.2, 0.25) is 0 Å². The van der Waals surface area contributed by atoms with Gasteiger partial charge in [-0.1, -0.05) is 34.6 Å². The molecule has 0 spiro atoms. The molecule has 0 rings (SSSR count). The average Bonchev–Trinajstić information content (AvgIpc) is 2.17. The van der Waals surface area contributed by atoms with Crippen molar-refractivity contribution in [1.82, 2.24) is 0 Å². The zero-order valence-electron chi connectivity index (χ0n) is 11.6. The SMILES string of the molecule is CC(C(C#N)C(C)C(C)(C)C#N)C(C)(C)C. The molecular weight excluding hydrogens is 196 g/mol. The second-order valence-corrected chi connectivity index (χ2v) is 6.43. The second-order valence-electron chi connectivity index (χ2n) is 6.43. The Morgan fingerprint density at radius 3 is 1.56 bits per heavy atom. The van der Waals surface area contributed by atoms with Crippen LogP contribution < -0.4 is 0 Å². The fraction of sp³-hybridized carbons (Fsp3) is 0.857. The lowest BCUT2D eigenvalue weighted by molar-refractivity contribution is 0.126. The van der Waals surface area contributed by atoms with Crippen LogP contribution in [0.4, 0.5) is 0 Å². The van der Waals surface area contributed by atoms with Gasteiger partial charge in [-0.3, -0.25) is 0 Å². The Hall–Kier alpha value is -1.02. The highest BCUT2D eigenvalue weighted by Gasteiger charge is 2.39. The Balaban J connectivity index is 5.07. The zero-order valence-corrected chi connectivity index (χ0v) is 11.6. The molecule has 0 aromatic heterocycles. The minimum atomic E-state index is -0.445. The predicted molar refractivity (Wildman–Crippen MR) is 66.3 cm³/mol. The van der Waals surface area contributed by atoms with Crippen molar-refractivity contribution in [3.8, 4) is 12.1 Å². The topological polar surface area (TPSA) is 47.6 Å². The molecule has 0 amide bonds. The van der Waals surface area contributed by atoms with Gasteiger partial charge in [0.05, 0.1) is 23.5 Å². The van der Waals surface area contributed by atoms with E-state index >= 15 is 0 Å². The van der Waals surface area contributed by atoms with Gasteiger partial charge in [-0.05, 0) is 31.1 Å². The summed E-state index contributed by atoms with van der Waals surface area (Å²) in [5, 5.41) is 18.5. The zero-order chi connectivity index (χ0) is 13.1. The molecule has 0 saturated carbocycles. The van der Waals surface area contributed by atoms with Crippen LogP contribution >= 0.6 is 0 Å². The summed E-state index contributed by atoms with van der Waals surface area (Å²) in [5.74, 6) is 0.284. The Morgan fingerprint density at radius 2 is 1.31 bits per heavy atom. The van der Waals surface area contributed by atoms with Crippen molar-refractivity contribution < 1.29 is 0 Å². The number of nitrogens with zero attached hydrogens (tertiary/aromatic N) is 2. The molecule has 0 aliphatic carbocycles. The molecule has 0 fully saturated rings. The van der Waals surface area contributed by atoms with Crippen LogP contribution in [0.1, 0.15) is 48.5 Å².